The lowest BCUT2D eigenvalue weighted by molar-refractivity contribution is 0.0214. The molecule has 1 fully saturated rings. The van der Waals surface area contributed by atoms with Gasteiger partial charge < -0.3 is 9.72 Å². The van der Waals surface area contributed by atoms with Gasteiger partial charge in [-0.2, -0.15) is 0 Å². The second-order valence-corrected chi connectivity index (χ2v) is 8.62. The molecule has 8 heteroatoms. The molecular weight excluding hydrogens is 416 g/mol. The Morgan fingerprint density at radius 3 is 2.61 bits per heavy atom. The van der Waals surface area contributed by atoms with Crippen molar-refractivity contribution in [3.8, 4) is 0 Å². The maximum atomic E-state index is 13.3. The fraction of sp³-hybridized carbons (Fsp3) is 0.360. The number of H-pyrrole nitrogens is 1. The Kier molecular flexibility index (Phi) is 6.02. The van der Waals surface area contributed by atoms with Crippen molar-refractivity contribution in [2.75, 3.05) is 26.3 Å². The topological polar surface area (TPSA) is 88.9 Å². The van der Waals surface area contributed by atoms with E-state index in [0.717, 1.165) is 22.9 Å². The van der Waals surface area contributed by atoms with Gasteiger partial charge in [0.2, 0.25) is 0 Å². The van der Waals surface area contributed by atoms with Crippen LogP contribution in [0, 0.1) is 13.8 Å². The number of benzene rings is 2. The van der Waals surface area contributed by atoms with Crippen LogP contribution < -0.4 is 5.56 Å². The summed E-state index contributed by atoms with van der Waals surface area (Å²) in [5, 5.41) is 13.7. The minimum absolute atomic E-state index is 0.111. The predicted molar refractivity (Wildman–Crippen MR) is 126 cm³/mol. The zero-order chi connectivity index (χ0) is 22.8. The molecule has 1 aliphatic heterocycles. The van der Waals surface area contributed by atoms with E-state index in [1.54, 1.807) is 0 Å². The zero-order valence-corrected chi connectivity index (χ0v) is 19.0. The molecule has 8 nitrogen and oxygen atoms in total. The highest BCUT2D eigenvalue weighted by Gasteiger charge is 2.31. The lowest BCUT2D eigenvalue weighted by Crippen LogP contribution is -2.42. The Morgan fingerprint density at radius 1 is 1.06 bits per heavy atom. The van der Waals surface area contributed by atoms with Crippen LogP contribution >= 0.6 is 0 Å². The molecule has 0 spiro atoms. The van der Waals surface area contributed by atoms with Crippen LogP contribution in [0.3, 0.4) is 0 Å². The Hall–Kier alpha value is -3.36. The molecule has 1 N–H and O–H groups in total. The molecule has 5 rings (SSSR count). The minimum atomic E-state index is -0.352. The molecule has 0 radical (unpaired) electrons. The lowest BCUT2D eigenvalue weighted by atomic mass is 10.0. The number of aromatic amines is 1. The molecule has 1 saturated heterocycles. The van der Waals surface area contributed by atoms with E-state index in [1.807, 2.05) is 35.0 Å². The van der Waals surface area contributed by atoms with Crippen molar-refractivity contribution >= 4 is 10.9 Å². The van der Waals surface area contributed by atoms with Crippen LogP contribution in [-0.2, 0) is 17.7 Å². The number of hydrogen-bond acceptors (Lipinski definition) is 6. The van der Waals surface area contributed by atoms with Gasteiger partial charge in [0, 0.05) is 30.7 Å². The summed E-state index contributed by atoms with van der Waals surface area (Å²) in [5.41, 5.74) is 4.95. The van der Waals surface area contributed by atoms with Gasteiger partial charge in [0.05, 0.1) is 13.2 Å². The highest BCUT2D eigenvalue weighted by atomic mass is 16.5. The van der Waals surface area contributed by atoms with Gasteiger partial charge >= 0.3 is 0 Å². The van der Waals surface area contributed by atoms with Crippen molar-refractivity contribution in [3.63, 3.8) is 0 Å². The third-order valence-electron chi connectivity index (χ3n) is 6.45. The van der Waals surface area contributed by atoms with E-state index in [9.17, 15) is 4.79 Å². The number of pyridine rings is 1. The third-order valence-corrected chi connectivity index (χ3v) is 6.45. The molecular formula is C25H28N6O2. The monoisotopic (exact) mass is 444 g/mol. The number of hydrogen-bond donors (Lipinski definition) is 1. The first-order chi connectivity index (χ1) is 16.1. The van der Waals surface area contributed by atoms with Crippen molar-refractivity contribution in [1.82, 2.24) is 30.1 Å². The van der Waals surface area contributed by atoms with Gasteiger partial charge in [0.1, 0.15) is 6.04 Å². The van der Waals surface area contributed by atoms with Gasteiger partial charge in [-0.1, -0.05) is 30.3 Å². The largest absolute Gasteiger partial charge is 0.379 e. The van der Waals surface area contributed by atoms with Gasteiger partial charge in [-0.05, 0) is 71.0 Å². The highest BCUT2D eigenvalue weighted by molar-refractivity contribution is 5.81. The summed E-state index contributed by atoms with van der Waals surface area (Å²) >= 11 is 0. The predicted octanol–water partition coefficient (Wildman–Crippen LogP) is 2.80. The van der Waals surface area contributed by atoms with Crippen LogP contribution in [0.1, 0.15) is 34.1 Å². The van der Waals surface area contributed by atoms with E-state index in [-0.39, 0.29) is 11.6 Å². The number of nitrogens with one attached hydrogen (secondary N) is 1. The standard InChI is InChI=1S/C25H28N6O2/c1-17-14-20-16-21(25(32)26-22(20)15-18(17)2)23(30-10-12-33-13-11-30)24-27-28-29-31(24)9-8-19-6-4-3-5-7-19/h3-7,14-16,23H,8-13H2,1-2H3,(H,26,32)/t23-/m0/s1. The summed E-state index contributed by atoms with van der Waals surface area (Å²) in [4.78, 5) is 18.6. The molecule has 0 unspecified atom stereocenters. The minimum Gasteiger partial charge on any atom is -0.379 e. The van der Waals surface area contributed by atoms with Crippen LogP contribution in [0.25, 0.3) is 10.9 Å². The number of ether oxygens (including phenoxy) is 1. The molecule has 33 heavy (non-hydrogen) atoms. The van der Waals surface area contributed by atoms with Crippen molar-refractivity contribution in [3.05, 3.63) is 87.0 Å². The van der Waals surface area contributed by atoms with E-state index in [0.29, 0.717) is 44.2 Å². The average molecular weight is 445 g/mol. The van der Waals surface area contributed by atoms with Crippen LogP contribution in [0.4, 0.5) is 0 Å². The van der Waals surface area contributed by atoms with Gasteiger partial charge in [-0.3, -0.25) is 9.69 Å². The molecule has 0 saturated carbocycles. The number of fused-ring (bicyclic) bond motifs is 1. The normalized spacial score (nSPS) is 15.7. The van der Waals surface area contributed by atoms with Gasteiger partial charge in [-0.15, -0.1) is 5.10 Å². The number of morpholine rings is 1. The van der Waals surface area contributed by atoms with E-state index in [1.165, 1.54) is 11.1 Å². The van der Waals surface area contributed by atoms with Gasteiger partial charge in [0.15, 0.2) is 5.82 Å². The second-order valence-electron chi connectivity index (χ2n) is 8.62. The Labute approximate surface area is 192 Å². The van der Waals surface area contributed by atoms with E-state index in [4.69, 9.17) is 4.74 Å². The molecule has 1 aliphatic rings. The first-order valence-electron chi connectivity index (χ1n) is 11.4. The fourth-order valence-electron chi connectivity index (χ4n) is 4.48. The maximum absolute atomic E-state index is 13.3. The van der Waals surface area contributed by atoms with Crippen molar-refractivity contribution in [2.45, 2.75) is 32.9 Å². The van der Waals surface area contributed by atoms with E-state index < -0.39 is 0 Å². The fourth-order valence-corrected chi connectivity index (χ4v) is 4.48. The number of aromatic nitrogens is 5. The Balaban J connectivity index is 1.57. The molecule has 170 valence electrons. The van der Waals surface area contributed by atoms with Crippen LogP contribution in [0.2, 0.25) is 0 Å². The molecule has 2 aromatic heterocycles. The van der Waals surface area contributed by atoms with E-state index >= 15 is 0 Å². The molecule has 0 amide bonds. The first kappa shape index (κ1) is 21.5. The quantitative estimate of drug-likeness (QED) is 0.492. The molecule has 2 aromatic carbocycles. The summed E-state index contributed by atoms with van der Waals surface area (Å²) < 4.78 is 7.41. The smallest absolute Gasteiger partial charge is 0.253 e. The van der Waals surface area contributed by atoms with Crippen molar-refractivity contribution < 1.29 is 4.74 Å². The number of aryl methyl sites for hydroxylation is 4. The molecule has 0 bridgehead atoms. The zero-order valence-electron chi connectivity index (χ0n) is 19.0. The summed E-state index contributed by atoms with van der Waals surface area (Å²) in [5.74, 6) is 0.682. The summed E-state index contributed by atoms with van der Waals surface area (Å²) in [6.07, 6.45) is 0.807. The van der Waals surface area contributed by atoms with Gasteiger partial charge in [-0.25, -0.2) is 4.68 Å². The highest BCUT2D eigenvalue weighted by Crippen LogP contribution is 2.28. The third kappa shape index (κ3) is 4.44. The van der Waals surface area contributed by atoms with Gasteiger partial charge in [0.25, 0.3) is 5.56 Å². The first-order valence-corrected chi connectivity index (χ1v) is 11.4. The lowest BCUT2D eigenvalue weighted by Gasteiger charge is -2.33. The number of tetrazole rings is 1. The van der Waals surface area contributed by atoms with Crippen LogP contribution in [-0.4, -0.2) is 56.4 Å². The number of nitrogens with zero attached hydrogens (tertiary/aromatic N) is 5. The summed E-state index contributed by atoms with van der Waals surface area (Å²) in [6.45, 7) is 7.43. The molecule has 0 aliphatic carbocycles. The van der Waals surface area contributed by atoms with Crippen molar-refractivity contribution in [1.29, 1.82) is 0 Å². The van der Waals surface area contributed by atoms with Crippen molar-refractivity contribution in [2.24, 2.45) is 0 Å². The summed E-state index contributed by atoms with van der Waals surface area (Å²) in [6, 6.07) is 16.1. The van der Waals surface area contributed by atoms with E-state index in [2.05, 4.69) is 57.5 Å². The number of rotatable bonds is 6. The molecule has 3 heterocycles. The average Bonchev–Trinajstić information content (AvgIpc) is 3.29. The molecule has 4 aromatic rings. The Morgan fingerprint density at radius 2 is 1.82 bits per heavy atom. The second kappa shape index (κ2) is 9.25. The summed E-state index contributed by atoms with van der Waals surface area (Å²) in [7, 11) is 0. The van der Waals surface area contributed by atoms with Crippen LogP contribution in [0.5, 0.6) is 0 Å². The molecule has 1 atom stereocenters. The maximum Gasteiger partial charge on any atom is 0.253 e. The van der Waals surface area contributed by atoms with Crippen LogP contribution in [0.15, 0.2) is 53.3 Å². The SMILES string of the molecule is Cc1cc2cc([C@@H](c3nnnn3CCc3ccccc3)N3CCOCC3)c(=O)[nH]c2cc1C. The Bertz CT molecular complexity index is 1310.